The zero-order chi connectivity index (χ0) is 9.97. The van der Waals surface area contributed by atoms with E-state index in [2.05, 4.69) is 27.1 Å². The molecule has 2 heterocycles. The van der Waals surface area contributed by atoms with Crippen molar-refractivity contribution in [3.63, 3.8) is 0 Å². The molecule has 0 saturated carbocycles. The minimum Gasteiger partial charge on any atom is -0.338 e. The molecule has 2 rings (SSSR count). The first-order chi connectivity index (χ1) is 6.75. The molecule has 0 unspecified atom stereocenters. The smallest absolute Gasteiger partial charge is 0.225 e. The number of nitrogens with zero attached hydrogens (tertiary/aromatic N) is 3. The third kappa shape index (κ3) is 2.01. The van der Waals surface area contributed by atoms with Crippen molar-refractivity contribution in [1.29, 1.82) is 0 Å². The molecule has 1 saturated heterocycles. The molecule has 0 aromatic carbocycles. The molecule has 14 heavy (non-hydrogen) atoms. The predicted molar refractivity (Wildman–Crippen MR) is 56.4 cm³/mol. The average Bonchev–Trinajstić information content (AvgIpc) is 2.18. The largest absolute Gasteiger partial charge is 0.338 e. The zero-order valence-corrected chi connectivity index (χ0v) is 8.70. The molecule has 1 aromatic heterocycles. The van der Waals surface area contributed by atoms with Crippen molar-refractivity contribution in [3.8, 4) is 0 Å². The van der Waals surface area contributed by atoms with Gasteiger partial charge in [0.25, 0.3) is 0 Å². The first-order valence-corrected chi connectivity index (χ1v) is 5.03. The van der Waals surface area contributed by atoms with Gasteiger partial charge in [-0.3, -0.25) is 0 Å². The summed E-state index contributed by atoms with van der Waals surface area (Å²) in [4.78, 5) is 10.9. The molecule has 0 amide bonds. The van der Waals surface area contributed by atoms with Crippen LogP contribution in [-0.4, -0.2) is 35.6 Å². The molecule has 4 heteroatoms. The first-order valence-electron chi connectivity index (χ1n) is 5.03. The number of hydrogen-bond acceptors (Lipinski definition) is 4. The second-order valence-corrected chi connectivity index (χ2v) is 3.80. The molecule has 4 nitrogen and oxygen atoms in total. The summed E-state index contributed by atoms with van der Waals surface area (Å²) in [6.45, 7) is 7.18. The van der Waals surface area contributed by atoms with Gasteiger partial charge < -0.3 is 10.2 Å². The van der Waals surface area contributed by atoms with Crippen molar-refractivity contribution in [2.75, 3.05) is 24.5 Å². The summed E-state index contributed by atoms with van der Waals surface area (Å²) in [5.41, 5.74) is 1.03. The summed E-state index contributed by atoms with van der Waals surface area (Å²) < 4.78 is 0. The minimum atomic E-state index is 0.521. The lowest BCUT2D eigenvalue weighted by Gasteiger charge is -2.31. The van der Waals surface area contributed by atoms with E-state index >= 15 is 0 Å². The van der Waals surface area contributed by atoms with Crippen LogP contribution >= 0.6 is 0 Å². The average molecular weight is 192 g/mol. The highest BCUT2D eigenvalue weighted by atomic mass is 15.3. The van der Waals surface area contributed by atoms with Gasteiger partial charge in [-0.1, -0.05) is 0 Å². The Balaban J connectivity index is 2.14. The SMILES string of the molecule is Cc1ccnc(N2CCN[C@@H](C)C2)n1. The number of nitrogens with one attached hydrogen (secondary N) is 1. The molecule has 1 aliphatic heterocycles. The lowest BCUT2D eigenvalue weighted by molar-refractivity contribution is 0.479. The Morgan fingerprint density at radius 1 is 1.57 bits per heavy atom. The van der Waals surface area contributed by atoms with Crippen LogP contribution in [0.4, 0.5) is 5.95 Å². The summed E-state index contributed by atoms with van der Waals surface area (Å²) in [5, 5.41) is 3.40. The molecule has 0 aliphatic carbocycles. The second kappa shape index (κ2) is 3.92. The van der Waals surface area contributed by atoms with E-state index in [1.807, 2.05) is 19.2 Å². The Hall–Kier alpha value is -1.16. The van der Waals surface area contributed by atoms with Crippen molar-refractivity contribution in [2.24, 2.45) is 0 Å². The zero-order valence-electron chi connectivity index (χ0n) is 8.70. The number of hydrogen-bond donors (Lipinski definition) is 1. The van der Waals surface area contributed by atoms with Crippen molar-refractivity contribution < 1.29 is 0 Å². The summed E-state index contributed by atoms with van der Waals surface area (Å²) in [7, 11) is 0. The monoisotopic (exact) mass is 192 g/mol. The van der Waals surface area contributed by atoms with Crippen molar-refractivity contribution >= 4 is 5.95 Å². The Bertz CT molecular complexity index is 313. The summed E-state index contributed by atoms with van der Waals surface area (Å²) in [6.07, 6.45) is 1.82. The van der Waals surface area contributed by atoms with Gasteiger partial charge in [0.05, 0.1) is 0 Å². The summed E-state index contributed by atoms with van der Waals surface area (Å²) in [6, 6.07) is 2.45. The van der Waals surface area contributed by atoms with Crippen molar-refractivity contribution in [1.82, 2.24) is 15.3 Å². The van der Waals surface area contributed by atoms with Crippen molar-refractivity contribution in [2.45, 2.75) is 19.9 Å². The van der Waals surface area contributed by atoms with Crippen LogP contribution in [-0.2, 0) is 0 Å². The maximum Gasteiger partial charge on any atom is 0.225 e. The Kier molecular flexibility index (Phi) is 2.63. The Morgan fingerprint density at radius 3 is 3.14 bits per heavy atom. The van der Waals surface area contributed by atoms with E-state index in [0.29, 0.717) is 6.04 Å². The maximum absolute atomic E-state index is 4.42. The maximum atomic E-state index is 4.42. The van der Waals surface area contributed by atoms with Gasteiger partial charge in [0, 0.05) is 37.6 Å². The van der Waals surface area contributed by atoms with Crippen LogP contribution in [0.2, 0.25) is 0 Å². The Morgan fingerprint density at radius 2 is 2.43 bits per heavy atom. The third-order valence-corrected chi connectivity index (χ3v) is 2.43. The fourth-order valence-electron chi connectivity index (χ4n) is 1.70. The lowest BCUT2D eigenvalue weighted by atomic mass is 10.2. The molecular formula is C10H16N4. The van der Waals surface area contributed by atoms with Crippen LogP contribution in [0.25, 0.3) is 0 Å². The molecule has 0 radical (unpaired) electrons. The minimum absolute atomic E-state index is 0.521. The number of piperazine rings is 1. The van der Waals surface area contributed by atoms with Crippen LogP contribution in [0.3, 0.4) is 0 Å². The third-order valence-electron chi connectivity index (χ3n) is 2.43. The van der Waals surface area contributed by atoms with E-state index in [9.17, 15) is 0 Å². The van der Waals surface area contributed by atoms with Crippen molar-refractivity contribution in [3.05, 3.63) is 18.0 Å². The normalized spacial score (nSPS) is 22.4. The number of anilines is 1. The van der Waals surface area contributed by atoms with Gasteiger partial charge in [0.1, 0.15) is 0 Å². The highest BCUT2D eigenvalue weighted by molar-refractivity contribution is 5.31. The van der Waals surface area contributed by atoms with Gasteiger partial charge in [-0.05, 0) is 19.9 Å². The van der Waals surface area contributed by atoms with Crippen LogP contribution < -0.4 is 10.2 Å². The molecule has 76 valence electrons. The number of rotatable bonds is 1. The van der Waals surface area contributed by atoms with E-state index in [1.54, 1.807) is 0 Å². The molecule has 1 aromatic rings. The quantitative estimate of drug-likeness (QED) is 0.707. The van der Waals surface area contributed by atoms with Gasteiger partial charge in [-0.25, -0.2) is 9.97 Å². The highest BCUT2D eigenvalue weighted by Crippen LogP contribution is 2.09. The second-order valence-electron chi connectivity index (χ2n) is 3.80. The molecule has 1 aliphatic rings. The van der Waals surface area contributed by atoms with Gasteiger partial charge >= 0.3 is 0 Å². The predicted octanol–water partition coefficient (Wildman–Crippen LogP) is 0.583. The molecule has 1 atom stereocenters. The van der Waals surface area contributed by atoms with E-state index < -0.39 is 0 Å². The molecular weight excluding hydrogens is 176 g/mol. The fourth-order valence-corrected chi connectivity index (χ4v) is 1.70. The van der Waals surface area contributed by atoms with Crippen LogP contribution in [0, 0.1) is 6.92 Å². The first kappa shape index (κ1) is 9.40. The molecule has 1 fully saturated rings. The lowest BCUT2D eigenvalue weighted by Crippen LogP contribution is -2.49. The topological polar surface area (TPSA) is 41.1 Å². The van der Waals surface area contributed by atoms with E-state index in [1.165, 1.54) is 0 Å². The summed E-state index contributed by atoms with van der Waals surface area (Å²) >= 11 is 0. The van der Waals surface area contributed by atoms with Crippen LogP contribution in [0.15, 0.2) is 12.3 Å². The van der Waals surface area contributed by atoms with Crippen LogP contribution in [0.5, 0.6) is 0 Å². The van der Waals surface area contributed by atoms with Crippen LogP contribution in [0.1, 0.15) is 12.6 Å². The molecule has 1 N–H and O–H groups in total. The number of aryl methyl sites for hydroxylation is 1. The van der Waals surface area contributed by atoms with Gasteiger partial charge in [0.15, 0.2) is 0 Å². The van der Waals surface area contributed by atoms with Gasteiger partial charge in [-0.15, -0.1) is 0 Å². The summed E-state index contributed by atoms with van der Waals surface area (Å²) in [5.74, 6) is 0.860. The van der Waals surface area contributed by atoms with E-state index in [0.717, 1.165) is 31.3 Å². The Labute approximate surface area is 84.4 Å². The molecule has 0 spiro atoms. The highest BCUT2D eigenvalue weighted by Gasteiger charge is 2.17. The van der Waals surface area contributed by atoms with Gasteiger partial charge in [-0.2, -0.15) is 0 Å². The standard InChI is InChI=1S/C10H16N4/c1-8-3-4-12-10(13-8)14-6-5-11-9(2)7-14/h3-4,9,11H,5-7H2,1-2H3/t9-/m0/s1. The number of aromatic nitrogens is 2. The molecule has 0 bridgehead atoms. The van der Waals surface area contributed by atoms with E-state index in [-0.39, 0.29) is 0 Å². The fraction of sp³-hybridized carbons (Fsp3) is 0.600. The van der Waals surface area contributed by atoms with Gasteiger partial charge in [0.2, 0.25) is 5.95 Å². The van der Waals surface area contributed by atoms with E-state index in [4.69, 9.17) is 0 Å².